The highest BCUT2D eigenvalue weighted by atomic mass is 16.5. The van der Waals surface area contributed by atoms with Gasteiger partial charge in [-0.15, -0.1) is 0 Å². The summed E-state index contributed by atoms with van der Waals surface area (Å²) in [6, 6.07) is 6.47. The molecule has 168 valence electrons. The Labute approximate surface area is 185 Å². The van der Waals surface area contributed by atoms with Gasteiger partial charge in [0.25, 0.3) is 0 Å². The maximum Gasteiger partial charge on any atom is 0.193 e. The lowest BCUT2D eigenvalue weighted by Gasteiger charge is -2.27. The van der Waals surface area contributed by atoms with E-state index in [2.05, 4.69) is 4.90 Å². The number of nitrogens with zero attached hydrogens (tertiary/aromatic N) is 1. The fraction of sp³-hybridized carbons (Fsp3) is 0.292. The molecule has 0 radical (unpaired) electrons. The molecule has 0 bridgehead atoms. The third-order valence-electron chi connectivity index (χ3n) is 5.50. The topological polar surface area (TPSA) is 102 Å². The first-order valence-corrected chi connectivity index (χ1v) is 10.2. The summed E-state index contributed by atoms with van der Waals surface area (Å²) in [5, 5.41) is 21.5. The molecule has 0 unspecified atom stereocenters. The zero-order valence-corrected chi connectivity index (χ0v) is 18.0. The van der Waals surface area contributed by atoms with Gasteiger partial charge in [-0.25, -0.2) is 0 Å². The second-order valence-electron chi connectivity index (χ2n) is 7.42. The zero-order valence-electron chi connectivity index (χ0n) is 18.0. The summed E-state index contributed by atoms with van der Waals surface area (Å²) in [6.45, 7) is 3.09. The molecule has 3 aromatic rings. The molecule has 2 aromatic carbocycles. The number of hydrogen-bond donors (Lipinski definition) is 2. The van der Waals surface area contributed by atoms with Crippen LogP contribution in [0.3, 0.4) is 0 Å². The van der Waals surface area contributed by atoms with Crippen molar-refractivity contribution in [2.45, 2.75) is 6.54 Å². The zero-order chi connectivity index (χ0) is 22.7. The van der Waals surface area contributed by atoms with Gasteiger partial charge in [0.15, 0.2) is 17.3 Å². The normalized spacial score (nSPS) is 14.8. The third kappa shape index (κ3) is 4.15. The van der Waals surface area contributed by atoms with Gasteiger partial charge in [-0.2, -0.15) is 0 Å². The Hall–Kier alpha value is -3.49. The molecule has 0 aliphatic carbocycles. The van der Waals surface area contributed by atoms with Crippen molar-refractivity contribution in [2.24, 2.45) is 0 Å². The van der Waals surface area contributed by atoms with Gasteiger partial charge in [0.2, 0.25) is 0 Å². The van der Waals surface area contributed by atoms with Crippen LogP contribution in [0.2, 0.25) is 0 Å². The van der Waals surface area contributed by atoms with Gasteiger partial charge in [-0.05, 0) is 29.8 Å². The van der Waals surface area contributed by atoms with Gasteiger partial charge in [0.05, 0.1) is 44.6 Å². The molecule has 1 aliphatic rings. The Morgan fingerprint density at radius 1 is 1.16 bits per heavy atom. The van der Waals surface area contributed by atoms with Crippen molar-refractivity contribution >= 4 is 22.8 Å². The Kier molecular flexibility index (Phi) is 6.34. The number of phenolic OH excluding ortho intramolecular Hbond substituents is 2. The Morgan fingerprint density at radius 2 is 1.94 bits per heavy atom. The van der Waals surface area contributed by atoms with Gasteiger partial charge in [-0.3, -0.25) is 9.69 Å². The fourth-order valence-corrected chi connectivity index (χ4v) is 3.85. The Balaban J connectivity index is 1.73. The van der Waals surface area contributed by atoms with Crippen LogP contribution in [0.1, 0.15) is 21.5 Å². The highest BCUT2D eigenvalue weighted by Gasteiger charge is 2.27. The molecule has 0 atom stereocenters. The molecule has 1 saturated heterocycles. The van der Waals surface area contributed by atoms with E-state index in [4.69, 9.17) is 18.6 Å². The summed E-state index contributed by atoms with van der Waals surface area (Å²) in [6.07, 6.45) is 4.46. The summed E-state index contributed by atoms with van der Waals surface area (Å²) >= 11 is 0. The number of furan rings is 1. The number of aromatic hydroxyl groups is 2. The van der Waals surface area contributed by atoms with E-state index in [0.717, 1.165) is 13.1 Å². The standard InChI is InChI=1S/C24H25NO7/c1-29-20-13-15(3-5-18(20)26)4-6-19(27)21-22(28)17(14-25-8-11-31-12-9-25)23-16(7-10-32-23)24(21)30-2/h3-7,10,13,26,28H,8-9,11-12,14H2,1-2H3/b6-4+. The smallest absolute Gasteiger partial charge is 0.193 e. The van der Waals surface area contributed by atoms with Crippen molar-refractivity contribution in [3.8, 4) is 23.0 Å². The summed E-state index contributed by atoms with van der Waals surface area (Å²) < 4.78 is 21.7. The number of hydrogen-bond acceptors (Lipinski definition) is 8. The van der Waals surface area contributed by atoms with E-state index in [1.807, 2.05) is 0 Å². The Morgan fingerprint density at radius 3 is 2.66 bits per heavy atom. The van der Waals surface area contributed by atoms with Gasteiger partial charge in [-0.1, -0.05) is 12.1 Å². The number of carbonyl (C=O) groups excluding carboxylic acids is 1. The molecule has 8 nitrogen and oxygen atoms in total. The number of rotatable bonds is 7. The van der Waals surface area contributed by atoms with E-state index in [9.17, 15) is 15.0 Å². The number of methoxy groups -OCH3 is 2. The fourth-order valence-electron chi connectivity index (χ4n) is 3.85. The monoisotopic (exact) mass is 439 g/mol. The van der Waals surface area contributed by atoms with Crippen LogP contribution in [0.5, 0.6) is 23.0 Å². The van der Waals surface area contributed by atoms with E-state index >= 15 is 0 Å². The summed E-state index contributed by atoms with van der Waals surface area (Å²) in [7, 11) is 2.90. The second kappa shape index (κ2) is 9.33. The molecule has 1 fully saturated rings. The van der Waals surface area contributed by atoms with Crippen molar-refractivity contribution in [1.29, 1.82) is 0 Å². The molecule has 32 heavy (non-hydrogen) atoms. The Bertz CT molecular complexity index is 1160. The van der Waals surface area contributed by atoms with Gasteiger partial charge in [0.1, 0.15) is 22.6 Å². The highest BCUT2D eigenvalue weighted by Crippen LogP contribution is 2.42. The highest BCUT2D eigenvalue weighted by molar-refractivity contribution is 6.14. The van der Waals surface area contributed by atoms with Gasteiger partial charge < -0.3 is 28.8 Å². The number of allylic oxidation sites excluding steroid dienone is 1. The lowest BCUT2D eigenvalue weighted by atomic mass is 9.99. The van der Waals surface area contributed by atoms with Crippen LogP contribution in [-0.2, 0) is 11.3 Å². The summed E-state index contributed by atoms with van der Waals surface area (Å²) in [5.74, 6) is -0.0116. The van der Waals surface area contributed by atoms with Crippen molar-refractivity contribution in [2.75, 3.05) is 40.5 Å². The molecule has 2 N–H and O–H groups in total. The number of fused-ring (bicyclic) bond motifs is 1. The van der Waals surface area contributed by atoms with E-state index < -0.39 is 5.78 Å². The van der Waals surface area contributed by atoms with Crippen LogP contribution in [0.15, 0.2) is 41.0 Å². The molecule has 1 aromatic heterocycles. The first-order valence-electron chi connectivity index (χ1n) is 10.2. The number of ether oxygens (including phenoxy) is 3. The first-order chi connectivity index (χ1) is 15.5. The number of carbonyl (C=O) groups is 1. The number of morpholine rings is 1. The lowest BCUT2D eigenvalue weighted by Crippen LogP contribution is -2.35. The summed E-state index contributed by atoms with van der Waals surface area (Å²) in [5.41, 5.74) is 1.77. The van der Waals surface area contributed by atoms with Crippen LogP contribution in [0, 0.1) is 0 Å². The third-order valence-corrected chi connectivity index (χ3v) is 5.50. The lowest BCUT2D eigenvalue weighted by molar-refractivity contribution is 0.0339. The number of benzene rings is 2. The maximum atomic E-state index is 13.2. The largest absolute Gasteiger partial charge is 0.507 e. The van der Waals surface area contributed by atoms with Gasteiger partial charge >= 0.3 is 0 Å². The summed E-state index contributed by atoms with van der Waals surface area (Å²) in [4.78, 5) is 15.3. The van der Waals surface area contributed by atoms with Crippen molar-refractivity contribution in [3.63, 3.8) is 0 Å². The second-order valence-corrected chi connectivity index (χ2v) is 7.42. The van der Waals surface area contributed by atoms with Crippen molar-refractivity contribution in [1.82, 2.24) is 4.90 Å². The SMILES string of the molecule is COc1cc(/C=C/C(=O)c2c(O)c(CN3CCOCC3)c3occc3c2OC)ccc1O. The molecule has 1 aliphatic heterocycles. The number of ketones is 1. The average Bonchev–Trinajstić information content (AvgIpc) is 3.30. The molecule has 4 rings (SSSR count). The molecule has 8 heteroatoms. The molecular weight excluding hydrogens is 414 g/mol. The average molecular weight is 439 g/mol. The quantitative estimate of drug-likeness (QED) is 0.425. The molecule has 0 saturated carbocycles. The predicted octanol–water partition coefficient (Wildman–Crippen LogP) is 3.59. The van der Waals surface area contributed by atoms with Crippen LogP contribution in [0.4, 0.5) is 0 Å². The van der Waals surface area contributed by atoms with Crippen LogP contribution < -0.4 is 9.47 Å². The van der Waals surface area contributed by atoms with Crippen molar-refractivity contribution < 1.29 is 33.6 Å². The first kappa shape index (κ1) is 21.7. The molecule has 2 heterocycles. The molecular formula is C24H25NO7. The molecule has 0 spiro atoms. The van der Waals surface area contributed by atoms with Gasteiger partial charge in [0, 0.05) is 19.6 Å². The minimum atomic E-state index is -0.419. The van der Waals surface area contributed by atoms with E-state index in [1.165, 1.54) is 32.6 Å². The van der Waals surface area contributed by atoms with E-state index in [1.54, 1.807) is 24.3 Å². The minimum absolute atomic E-state index is 0.00783. The number of phenols is 2. The minimum Gasteiger partial charge on any atom is -0.507 e. The van der Waals surface area contributed by atoms with E-state index in [-0.39, 0.29) is 22.8 Å². The maximum absolute atomic E-state index is 13.2. The van der Waals surface area contributed by atoms with Crippen molar-refractivity contribution in [3.05, 3.63) is 53.3 Å². The van der Waals surface area contributed by atoms with Crippen LogP contribution in [-0.4, -0.2) is 61.4 Å². The molecule has 0 amide bonds. The van der Waals surface area contributed by atoms with E-state index in [0.29, 0.717) is 47.6 Å². The predicted molar refractivity (Wildman–Crippen MR) is 119 cm³/mol. The van der Waals surface area contributed by atoms with Crippen LogP contribution in [0.25, 0.3) is 17.0 Å². The van der Waals surface area contributed by atoms with Crippen LogP contribution >= 0.6 is 0 Å².